The van der Waals surface area contributed by atoms with E-state index in [2.05, 4.69) is 0 Å². The SMILES string of the molecule is CC(=O)C1(C2(C)OCCO2)CC1. The van der Waals surface area contributed by atoms with Gasteiger partial charge in [0.15, 0.2) is 5.79 Å². The summed E-state index contributed by atoms with van der Waals surface area (Å²) in [7, 11) is 0. The van der Waals surface area contributed by atoms with Crippen LogP contribution in [0.2, 0.25) is 0 Å². The predicted molar refractivity (Wildman–Crippen MR) is 42.7 cm³/mol. The summed E-state index contributed by atoms with van der Waals surface area (Å²) in [6.45, 7) is 4.74. The third-order valence-corrected chi connectivity index (χ3v) is 3.13. The molecule has 12 heavy (non-hydrogen) atoms. The van der Waals surface area contributed by atoms with Gasteiger partial charge >= 0.3 is 0 Å². The van der Waals surface area contributed by atoms with Crippen molar-refractivity contribution in [2.45, 2.75) is 32.5 Å². The van der Waals surface area contributed by atoms with Crippen molar-refractivity contribution in [3.63, 3.8) is 0 Å². The summed E-state index contributed by atoms with van der Waals surface area (Å²) >= 11 is 0. The van der Waals surface area contributed by atoms with Crippen LogP contribution in [0, 0.1) is 5.41 Å². The summed E-state index contributed by atoms with van der Waals surface area (Å²) in [5.74, 6) is -0.425. The van der Waals surface area contributed by atoms with Crippen LogP contribution in [0.3, 0.4) is 0 Å². The van der Waals surface area contributed by atoms with Crippen molar-refractivity contribution in [2.75, 3.05) is 13.2 Å². The lowest BCUT2D eigenvalue weighted by Crippen LogP contribution is -2.41. The molecule has 1 saturated carbocycles. The standard InChI is InChI=1S/C9H14O3/c1-7(10)9(3-4-9)8(2)11-5-6-12-8/h3-6H2,1-2H3. The Bertz CT molecular complexity index is 212. The average Bonchev–Trinajstić information content (AvgIpc) is 2.72. The van der Waals surface area contributed by atoms with E-state index in [0.29, 0.717) is 13.2 Å². The van der Waals surface area contributed by atoms with Crippen LogP contribution in [0.15, 0.2) is 0 Å². The molecule has 1 heterocycles. The monoisotopic (exact) mass is 170 g/mol. The van der Waals surface area contributed by atoms with Gasteiger partial charge in [0.2, 0.25) is 0 Å². The van der Waals surface area contributed by atoms with Crippen LogP contribution in [0.4, 0.5) is 0 Å². The van der Waals surface area contributed by atoms with E-state index in [0.717, 1.165) is 12.8 Å². The molecule has 3 nitrogen and oxygen atoms in total. The van der Waals surface area contributed by atoms with Crippen LogP contribution < -0.4 is 0 Å². The van der Waals surface area contributed by atoms with Gasteiger partial charge in [0, 0.05) is 0 Å². The fourth-order valence-electron chi connectivity index (χ4n) is 2.04. The molecule has 68 valence electrons. The molecule has 0 atom stereocenters. The first kappa shape index (κ1) is 8.20. The minimum absolute atomic E-state index is 0.201. The second kappa shape index (κ2) is 2.30. The molecule has 0 bridgehead atoms. The van der Waals surface area contributed by atoms with Gasteiger partial charge < -0.3 is 9.47 Å². The van der Waals surface area contributed by atoms with E-state index in [4.69, 9.17) is 9.47 Å². The van der Waals surface area contributed by atoms with Gasteiger partial charge in [-0.3, -0.25) is 4.79 Å². The second-order valence-electron chi connectivity index (χ2n) is 3.78. The second-order valence-corrected chi connectivity index (χ2v) is 3.78. The number of carbonyl (C=O) groups is 1. The van der Waals surface area contributed by atoms with E-state index in [-0.39, 0.29) is 11.2 Å². The van der Waals surface area contributed by atoms with E-state index < -0.39 is 5.79 Å². The first-order chi connectivity index (χ1) is 5.61. The Morgan fingerprint density at radius 2 is 1.75 bits per heavy atom. The van der Waals surface area contributed by atoms with Crippen LogP contribution in [0.25, 0.3) is 0 Å². The summed E-state index contributed by atoms with van der Waals surface area (Å²) < 4.78 is 11.0. The molecule has 0 unspecified atom stereocenters. The van der Waals surface area contributed by atoms with Gasteiger partial charge in [-0.25, -0.2) is 0 Å². The van der Waals surface area contributed by atoms with Crippen LogP contribution >= 0.6 is 0 Å². The molecule has 0 amide bonds. The van der Waals surface area contributed by atoms with Gasteiger partial charge in [0.05, 0.1) is 18.6 Å². The van der Waals surface area contributed by atoms with E-state index >= 15 is 0 Å². The third-order valence-electron chi connectivity index (χ3n) is 3.13. The highest BCUT2D eigenvalue weighted by Crippen LogP contribution is 2.57. The van der Waals surface area contributed by atoms with E-state index in [1.54, 1.807) is 6.92 Å². The Morgan fingerprint density at radius 3 is 2.08 bits per heavy atom. The molecule has 2 aliphatic rings. The lowest BCUT2D eigenvalue weighted by Gasteiger charge is -2.30. The Balaban J connectivity index is 2.22. The number of hydrogen-bond donors (Lipinski definition) is 0. The number of Topliss-reactive ketones (excluding diaryl/α,β-unsaturated/α-hetero) is 1. The van der Waals surface area contributed by atoms with Crippen LogP contribution in [-0.2, 0) is 14.3 Å². The highest BCUT2D eigenvalue weighted by molar-refractivity contribution is 5.86. The molecule has 1 aliphatic carbocycles. The smallest absolute Gasteiger partial charge is 0.178 e. The third kappa shape index (κ3) is 0.866. The van der Waals surface area contributed by atoms with Crippen molar-refractivity contribution in [2.24, 2.45) is 5.41 Å². The van der Waals surface area contributed by atoms with Gasteiger partial charge in [-0.1, -0.05) is 0 Å². The molecule has 1 saturated heterocycles. The molecule has 2 rings (SSSR count). The summed E-state index contributed by atoms with van der Waals surface area (Å²) in [6, 6.07) is 0. The largest absolute Gasteiger partial charge is 0.347 e. The quantitative estimate of drug-likeness (QED) is 0.623. The zero-order valence-electron chi connectivity index (χ0n) is 7.55. The number of rotatable bonds is 2. The molecule has 0 radical (unpaired) electrons. The van der Waals surface area contributed by atoms with Crippen molar-refractivity contribution in [1.29, 1.82) is 0 Å². The van der Waals surface area contributed by atoms with Crippen molar-refractivity contribution in [3.05, 3.63) is 0 Å². The summed E-state index contributed by atoms with van der Waals surface area (Å²) in [5.41, 5.74) is -0.316. The topological polar surface area (TPSA) is 35.5 Å². The lowest BCUT2D eigenvalue weighted by molar-refractivity contribution is -0.194. The maximum absolute atomic E-state index is 11.4. The minimum Gasteiger partial charge on any atom is -0.347 e. The van der Waals surface area contributed by atoms with E-state index in [1.807, 2.05) is 6.92 Å². The van der Waals surface area contributed by atoms with Gasteiger partial charge in [-0.15, -0.1) is 0 Å². The highest BCUT2D eigenvalue weighted by atomic mass is 16.7. The number of carbonyl (C=O) groups excluding carboxylic acids is 1. The molecule has 0 aromatic carbocycles. The van der Waals surface area contributed by atoms with Gasteiger partial charge in [0.1, 0.15) is 5.78 Å². The van der Waals surface area contributed by atoms with E-state index in [1.165, 1.54) is 0 Å². The highest BCUT2D eigenvalue weighted by Gasteiger charge is 2.63. The van der Waals surface area contributed by atoms with Gasteiger partial charge in [-0.2, -0.15) is 0 Å². The minimum atomic E-state index is -0.626. The summed E-state index contributed by atoms with van der Waals surface area (Å²) in [5, 5.41) is 0. The Labute approximate surface area is 72.0 Å². The molecular weight excluding hydrogens is 156 g/mol. The normalized spacial score (nSPS) is 30.2. The first-order valence-electron chi connectivity index (χ1n) is 4.40. The average molecular weight is 170 g/mol. The fraction of sp³-hybridized carbons (Fsp3) is 0.889. The Hall–Kier alpha value is -0.410. The molecule has 3 heteroatoms. The number of ether oxygens (including phenoxy) is 2. The van der Waals surface area contributed by atoms with Crippen molar-refractivity contribution >= 4 is 5.78 Å². The zero-order valence-corrected chi connectivity index (χ0v) is 7.55. The number of hydrogen-bond acceptors (Lipinski definition) is 3. The zero-order chi connectivity index (χ0) is 8.82. The number of ketones is 1. The molecule has 2 fully saturated rings. The van der Waals surface area contributed by atoms with Crippen LogP contribution in [0.5, 0.6) is 0 Å². The van der Waals surface area contributed by atoms with Crippen LogP contribution in [0.1, 0.15) is 26.7 Å². The molecule has 0 aromatic rings. The maximum Gasteiger partial charge on any atom is 0.178 e. The van der Waals surface area contributed by atoms with Crippen molar-refractivity contribution in [1.82, 2.24) is 0 Å². The maximum atomic E-state index is 11.4. The summed E-state index contributed by atoms with van der Waals surface area (Å²) in [4.78, 5) is 11.4. The molecule has 0 N–H and O–H groups in total. The van der Waals surface area contributed by atoms with E-state index in [9.17, 15) is 4.79 Å². The Kier molecular flexibility index (Phi) is 1.57. The molecular formula is C9H14O3. The molecule has 0 aromatic heterocycles. The van der Waals surface area contributed by atoms with Crippen LogP contribution in [-0.4, -0.2) is 24.8 Å². The lowest BCUT2D eigenvalue weighted by atomic mass is 9.92. The van der Waals surface area contributed by atoms with Gasteiger partial charge in [-0.05, 0) is 26.7 Å². The summed E-state index contributed by atoms with van der Waals surface area (Å²) in [6.07, 6.45) is 1.83. The molecule has 1 aliphatic heterocycles. The first-order valence-corrected chi connectivity index (χ1v) is 4.40. The van der Waals surface area contributed by atoms with Crippen molar-refractivity contribution in [3.8, 4) is 0 Å². The Morgan fingerprint density at radius 1 is 1.25 bits per heavy atom. The molecule has 0 spiro atoms. The van der Waals surface area contributed by atoms with Crippen molar-refractivity contribution < 1.29 is 14.3 Å². The fourth-order valence-corrected chi connectivity index (χ4v) is 2.04. The van der Waals surface area contributed by atoms with Gasteiger partial charge in [0.25, 0.3) is 0 Å². The predicted octanol–water partition coefficient (Wildman–Crippen LogP) is 1.12.